The number of methoxy groups -OCH3 is 1. The number of halogens is 1. The van der Waals surface area contributed by atoms with Gasteiger partial charge in [0.15, 0.2) is 5.82 Å². The molecule has 3 aliphatic heterocycles. The molecule has 2 saturated heterocycles. The van der Waals surface area contributed by atoms with E-state index in [-0.39, 0.29) is 24.0 Å². The summed E-state index contributed by atoms with van der Waals surface area (Å²) in [6.45, 7) is 6.51. The van der Waals surface area contributed by atoms with Crippen LogP contribution in [-0.4, -0.2) is 97.2 Å². The number of carbonyl (C=O) groups is 4. The second kappa shape index (κ2) is 16.9. The number of rotatable bonds is 14. The van der Waals surface area contributed by atoms with Crippen LogP contribution in [0.5, 0.6) is 5.75 Å². The van der Waals surface area contributed by atoms with Gasteiger partial charge < -0.3 is 35.5 Å². The van der Waals surface area contributed by atoms with Gasteiger partial charge in [-0.1, -0.05) is 29.8 Å². The van der Waals surface area contributed by atoms with Gasteiger partial charge in [-0.25, -0.2) is 4.98 Å². The minimum Gasteiger partial charge on any atom is -0.494 e. The van der Waals surface area contributed by atoms with Crippen molar-refractivity contribution >= 4 is 82.2 Å². The molecule has 3 aliphatic rings. The van der Waals surface area contributed by atoms with Crippen LogP contribution in [0.2, 0.25) is 5.02 Å². The van der Waals surface area contributed by atoms with Gasteiger partial charge in [-0.15, -0.1) is 0 Å². The third-order valence-electron chi connectivity index (χ3n) is 10.3. The fraction of sp³-hybridized carbons (Fsp3) is 0.350. The Hall–Kier alpha value is -5.50. The Morgan fingerprint density at radius 2 is 1.68 bits per heavy atom. The van der Waals surface area contributed by atoms with Crippen LogP contribution < -0.4 is 41.5 Å². The number of para-hydroxylation sites is 1. The van der Waals surface area contributed by atoms with Gasteiger partial charge in [-0.05, 0) is 82.0 Å². The number of aromatic nitrogens is 2. The zero-order chi connectivity index (χ0) is 40.3. The number of hydrogen-bond acceptors (Lipinski definition) is 13. The van der Waals surface area contributed by atoms with E-state index in [1.54, 1.807) is 38.6 Å². The van der Waals surface area contributed by atoms with Gasteiger partial charge in [-0.2, -0.15) is 4.98 Å². The highest BCUT2D eigenvalue weighted by atomic mass is 35.5. The maximum absolute atomic E-state index is 13.4. The maximum Gasteiger partial charge on any atom is 0.264 e. The van der Waals surface area contributed by atoms with E-state index in [9.17, 15) is 23.7 Å². The molecule has 0 radical (unpaired) electrons. The summed E-state index contributed by atoms with van der Waals surface area (Å²) in [4.78, 5) is 62.8. The third kappa shape index (κ3) is 8.75. The van der Waals surface area contributed by atoms with Crippen molar-refractivity contribution < 1.29 is 28.5 Å². The van der Waals surface area contributed by atoms with E-state index in [4.69, 9.17) is 16.3 Å². The van der Waals surface area contributed by atoms with Gasteiger partial charge in [0.25, 0.3) is 11.8 Å². The molecule has 15 nitrogen and oxygen atoms in total. The lowest BCUT2D eigenvalue weighted by Crippen LogP contribution is -2.54. The van der Waals surface area contributed by atoms with Crippen LogP contribution in [0.15, 0.2) is 66.9 Å². The maximum atomic E-state index is 13.4. The van der Waals surface area contributed by atoms with Crippen LogP contribution in [-0.2, 0) is 14.2 Å². The number of anilines is 6. The fourth-order valence-corrected chi connectivity index (χ4v) is 8.71. The van der Waals surface area contributed by atoms with Crippen molar-refractivity contribution in [2.24, 2.45) is 0 Å². The summed E-state index contributed by atoms with van der Waals surface area (Å²) >= 11 is 6.45. The van der Waals surface area contributed by atoms with Crippen LogP contribution in [0.1, 0.15) is 52.8 Å². The molecule has 0 bridgehead atoms. The molecule has 1 aromatic heterocycles. The molecule has 5 N–H and O–H groups in total. The molecule has 0 aliphatic carbocycles. The predicted molar refractivity (Wildman–Crippen MR) is 222 cm³/mol. The topological polar surface area (TPSA) is 187 Å². The Morgan fingerprint density at radius 1 is 0.912 bits per heavy atom. The van der Waals surface area contributed by atoms with Crippen LogP contribution in [0, 0.1) is 0 Å². The average molecular weight is 814 g/mol. The lowest BCUT2D eigenvalue weighted by Gasteiger charge is -2.34. The summed E-state index contributed by atoms with van der Waals surface area (Å²) in [6.07, 6.45) is 4.40. The summed E-state index contributed by atoms with van der Waals surface area (Å²) in [6, 6.07) is 17.8. The first-order chi connectivity index (χ1) is 27.4. The van der Waals surface area contributed by atoms with Crippen LogP contribution in [0.3, 0.4) is 0 Å². The second-order valence-corrected chi connectivity index (χ2v) is 18.2. The highest BCUT2D eigenvalue weighted by Gasteiger charge is 2.45. The molecule has 57 heavy (non-hydrogen) atoms. The first kappa shape index (κ1) is 39.7. The number of hydrogen-bond donors (Lipinski definition) is 5. The smallest absolute Gasteiger partial charge is 0.264 e. The predicted octanol–water partition coefficient (Wildman–Crippen LogP) is 5.34. The molecule has 298 valence electrons. The lowest BCUT2D eigenvalue weighted by atomic mass is 10.0. The van der Waals surface area contributed by atoms with Crippen molar-refractivity contribution in [2.75, 3.05) is 67.5 Å². The van der Waals surface area contributed by atoms with E-state index in [1.807, 2.05) is 42.5 Å². The summed E-state index contributed by atoms with van der Waals surface area (Å²) in [7, 11) is -0.939. The Bertz CT molecular complexity index is 2260. The molecule has 4 aromatic rings. The molecule has 1 atom stereocenters. The Labute approximate surface area is 335 Å². The Kier molecular flexibility index (Phi) is 11.8. The molecule has 0 spiro atoms. The van der Waals surface area contributed by atoms with E-state index < -0.39 is 36.8 Å². The lowest BCUT2D eigenvalue weighted by molar-refractivity contribution is -0.136. The molecule has 4 amide bonds. The normalized spacial score (nSPS) is 17.4. The highest BCUT2D eigenvalue weighted by molar-refractivity contribution is 7.70. The molecule has 17 heteroatoms. The Morgan fingerprint density at radius 3 is 2.44 bits per heavy atom. The van der Waals surface area contributed by atoms with E-state index in [2.05, 4.69) is 41.5 Å². The molecular formula is C40H45ClN9O6P. The number of nitrogens with one attached hydrogen (secondary N) is 5. The van der Waals surface area contributed by atoms with E-state index in [0.717, 1.165) is 49.5 Å². The quantitative estimate of drug-likeness (QED) is 0.0625. The van der Waals surface area contributed by atoms with Gasteiger partial charge in [-0.3, -0.25) is 29.4 Å². The number of carbonyl (C=O) groups excluding carboxylic acids is 4. The van der Waals surface area contributed by atoms with Crippen LogP contribution in [0.4, 0.5) is 34.5 Å². The van der Waals surface area contributed by atoms with E-state index in [0.29, 0.717) is 57.5 Å². The van der Waals surface area contributed by atoms with Gasteiger partial charge >= 0.3 is 0 Å². The van der Waals surface area contributed by atoms with Crippen LogP contribution >= 0.6 is 18.7 Å². The number of benzene rings is 3. The number of imide groups is 2. The number of amides is 4. The largest absolute Gasteiger partial charge is 0.494 e. The van der Waals surface area contributed by atoms with Crippen molar-refractivity contribution in [2.45, 2.75) is 44.2 Å². The first-order valence-corrected chi connectivity index (χ1v) is 21.8. The number of piperidine rings is 2. The number of fused-ring (bicyclic) bond motifs is 1. The Balaban J connectivity index is 0.888. The summed E-state index contributed by atoms with van der Waals surface area (Å²) in [5.74, 6) is -0.744. The molecule has 2 fully saturated rings. The third-order valence-corrected chi connectivity index (χ3v) is 12.2. The second-order valence-electron chi connectivity index (χ2n) is 14.6. The average Bonchev–Trinajstić information content (AvgIpc) is 3.45. The van der Waals surface area contributed by atoms with Gasteiger partial charge in [0, 0.05) is 54.8 Å². The molecule has 1 unspecified atom stereocenters. The molecule has 3 aromatic carbocycles. The van der Waals surface area contributed by atoms with Crippen molar-refractivity contribution in [3.63, 3.8) is 0 Å². The molecule has 4 heterocycles. The van der Waals surface area contributed by atoms with Gasteiger partial charge in [0.1, 0.15) is 24.0 Å². The molecule has 7 rings (SSSR count). The van der Waals surface area contributed by atoms with Gasteiger partial charge in [0.2, 0.25) is 17.8 Å². The molecular weight excluding hydrogens is 769 g/mol. The van der Waals surface area contributed by atoms with E-state index in [1.165, 1.54) is 6.20 Å². The minimum atomic E-state index is -2.56. The summed E-state index contributed by atoms with van der Waals surface area (Å²) in [5.41, 5.74) is 3.47. The van der Waals surface area contributed by atoms with Crippen molar-refractivity contribution in [3.8, 4) is 5.75 Å². The monoisotopic (exact) mass is 813 g/mol. The number of nitrogens with zero attached hydrogens (tertiary/aromatic N) is 4. The van der Waals surface area contributed by atoms with Crippen LogP contribution in [0.25, 0.3) is 0 Å². The minimum absolute atomic E-state index is 0.0749. The zero-order valence-corrected chi connectivity index (χ0v) is 33.6. The molecule has 0 saturated carbocycles. The fourth-order valence-electron chi connectivity index (χ4n) is 7.41. The SMILES string of the molecule is COc1cc(N2CCC(NCCCNc3cccc4c3C(=O)N(C3CCC(=O)NC3=O)C4=O)CC2)ccc1Nc1ncc(Cl)c(Nc2ccccc2P(C)(C)=O)n1. The van der Waals surface area contributed by atoms with Crippen molar-refractivity contribution in [3.05, 3.63) is 83.0 Å². The van der Waals surface area contributed by atoms with Crippen molar-refractivity contribution in [1.29, 1.82) is 0 Å². The highest BCUT2D eigenvalue weighted by Crippen LogP contribution is 2.39. The van der Waals surface area contributed by atoms with Gasteiger partial charge in [0.05, 0.1) is 35.8 Å². The first-order valence-electron chi connectivity index (χ1n) is 18.9. The summed E-state index contributed by atoms with van der Waals surface area (Å²) in [5, 5.41) is 16.7. The van der Waals surface area contributed by atoms with E-state index >= 15 is 0 Å². The standard InChI is InChI=1S/C40H45ClN9O6P/c1-56-32-22-25(12-13-28(32)46-40-44-23-27(41)36(48-40)45-29-9-4-5-11-33(29)57(2,3)55)49-20-16-24(17-21-49)42-18-7-19-43-30-10-6-8-26-35(30)39(54)50(38(26)53)31-14-15-34(51)47-37(31)52/h4-6,8-13,22-24,31,42-43H,7,14-21H2,1-3H3,(H,47,51,52)(H2,44,45,46,48). The zero-order valence-electron chi connectivity index (χ0n) is 31.9. The summed E-state index contributed by atoms with van der Waals surface area (Å²) < 4.78 is 18.6. The van der Waals surface area contributed by atoms with Crippen molar-refractivity contribution in [1.82, 2.24) is 25.5 Å². The number of ether oxygens (including phenoxy) is 1.